The molecule has 0 bridgehead atoms. The number of benzene rings is 1. The molecule has 1 aromatic carbocycles. The van der Waals surface area contributed by atoms with Gasteiger partial charge in [-0.25, -0.2) is 4.79 Å². The summed E-state index contributed by atoms with van der Waals surface area (Å²) < 4.78 is 1.02. The summed E-state index contributed by atoms with van der Waals surface area (Å²) in [4.78, 5) is 48.2. The number of carboxylic acids is 1. The predicted octanol–water partition coefficient (Wildman–Crippen LogP) is -1.66. The first-order valence-electron chi connectivity index (χ1n) is 6.67. The van der Waals surface area contributed by atoms with Gasteiger partial charge in [0, 0.05) is 13.0 Å². The van der Waals surface area contributed by atoms with Crippen LogP contribution in [0.4, 0.5) is 0 Å². The largest absolute Gasteiger partial charge is 0.548 e. The highest BCUT2D eigenvalue weighted by Gasteiger charge is 2.08. The van der Waals surface area contributed by atoms with Gasteiger partial charge in [0.25, 0.3) is 5.56 Å². The number of H-pyrrole nitrogens is 1. The molecule has 0 radical (unpaired) electrons. The molecule has 0 saturated heterocycles. The lowest BCUT2D eigenvalue weighted by Gasteiger charge is -2.07. The second-order valence-corrected chi connectivity index (χ2v) is 4.68. The highest BCUT2D eigenvalue weighted by Crippen LogP contribution is 2.03. The summed E-state index contributed by atoms with van der Waals surface area (Å²) in [6.45, 7) is -0.493. The van der Waals surface area contributed by atoms with E-state index in [0.717, 1.165) is 4.57 Å². The number of rotatable bonds is 6. The Balaban J connectivity index is 2.06. The topological polar surface area (TPSA) is 124 Å². The highest BCUT2D eigenvalue weighted by atomic mass is 16.4. The molecule has 0 aliphatic heterocycles. The first kappa shape index (κ1) is 15.5. The molecule has 0 fully saturated rings. The monoisotopic (exact) mass is 304 g/mol. The molecular formula is C14H14N3O5-. The normalized spacial score (nSPS) is 10.5. The molecule has 8 nitrogen and oxygen atoms in total. The molecule has 116 valence electrons. The first-order valence-corrected chi connectivity index (χ1v) is 6.67. The summed E-state index contributed by atoms with van der Waals surface area (Å²) in [5.41, 5.74) is -0.506. The van der Waals surface area contributed by atoms with Crippen molar-refractivity contribution in [2.75, 3.05) is 6.54 Å². The van der Waals surface area contributed by atoms with Crippen LogP contribution in [0.3, 0.4) is 0 Å². The Labute approximate surface area is 124 Å². The lowest BCUT2D eigenvalue weighted by molar-refractivity contribution is -0.304. The van der Waals surface area contributed by atoms with Gasteiger partial charge in [0.15, 0.2) is 0 Å². The van der Waals surface area contributed by atoms with E-state index in [1.807, 2.05) is 0 Å². The number of carbonyl (C=O) groups excluding carboxylic acids is 2. The van der Waals surface area contributed by atoms with Gasteiger partial charge in [-0.15, -0.1) is 0 Å². The quantitative estimate of drug-likeness (QED) is 0.660. The SMILES string of the molecule is O=C([O-])CNC(=O)CCCn1c(=O)[nH]c2ccccc2c1=O. The molecular weight excluding hydrogens is 290 g/mol. The molecule has 0 saturated carbocycles. The fraction of sp³-hybridized carbons (Fsp3) is 0.286. The fourth-order valence-corrected chi connectivity index (χ4v) is 2.06. The lowest BCUT2D eigenvalue weighted by atomic mass is 10.2. The minimum atomic E-state index is -1.38. The molecule has 1 heterocycles. The second kappa shape index (κ2) is 6.70. The van der Waals surface area contributed by atoms with E-state index in [1.54, 1.807) is 24.3 Å². The minimum Gasteiger partial charge on any atom is -0.548 e. The zero-order valence-corrected chi connectivity index (χ0v) is 11.6. The summed E-state index contributed by atoms with van der Waals surface area (Å²) in [5, 5.41) is 12.7. The van der Waals surface area contributed by atoms with Crippen LogP contribution < -0.4 is 21.7 Å². The number of nitrogens with one attached hydrogen (secondary N) is 2. The molecule has 0 unspecified atom stereocenters. The van der Waals surface area contributed by atoms with Gasteiger partial charge < -0.3 is 20.2 Å². The summed E-state index contributed by atoms with van der Waals surface area (Å²) in [6, 6.07) is 6.65. The van der Waals surface area contributed by atoms with Crippen molar-refractivity contribution in [3.63, 3.8) is 0 Å². The standard InChI is InChI=1S/C14H15N3O5/c18-11(15-8-12(19)20)6-3-7-17-13(21)9-4-1-2-5-10(9)16-14(17)22/h1-2,4-5H,3,6-8H2,(H,15,18)(H,16,22)(H,19,20)/p-1. The lowest BCUT2D eigenvalue weighted by Crippen LogP contribution is -2.38. The Morgan fingerprint density at radius 3 is 2.68 bits per heavy atom. The van der Waals surface area contributed by atoms with Gasteiger partial charge in [-0.2, -0.15) is 0 Å². The Hall–Kier alpha value is -2.90. The van der Waals surface area contributed by atoms with Gasteiger partial charge in [-0.05, 0) is 18.6 Å². The van der Waals surface area contributed by atoms with Crippen LogP contribution in [0.1, 0.15) is 12.8 Å². The van der Waals surface area contributed by atoms with Crippen LogP contribution in [-0.4, -0.2) is 28.0 Å². The van der Waals surface area contributed by atoms with Gasteiger partial charge in [0.2, 0.25) is 5.91 Å². The molecule has 1 aromatic heterocycles. The first-order chi connectivity index (χ1) is 10.5. The van der Waals surface area contributed by atoms with Crippen LogP contribution in [0.2, 0.25) is 0 Å². The molecule has 0 aliphatic carbocycles. The molecule has 2 aromatic rings. The molecule has 1 amide bonds. The van der Waals surface area contributed by atoms with Crippen molar-refractivity contribution < 1.29 is 14.7 Å². The molecule has 2 rings (SSSR count). The fourth-order valence-electron chi connectivity index (χ4n) is 2.06. The summed E-state index contributed by atoms with van der Waals surface area (Å²) in [6.07, 6.45) is 0.242. The van der Waals surface area contributed by atoms with Crippen LogP contribution in [0.5, 0.6) is 0 Å². The number of carboxylic acid groups (broad SMARTS) is 1. The molecule has 22 heavy (non-hydrogen) atoms. The number of nitrogens with zero attached hydrogens (tertiary/aromatic N) is 1. The van der Waals surface area contributed by atoms with E-state index in [4.69, 9.17) is 0 Å². The number of aromatic nitrogens is 2. The van der Waals surface area contributed by atoms with Crippen LogP contribution in [-0.2, 0) is 16.1 Å². The van der Waals surface area contributed by atoms with Crippen LogP contribution in [0, 0.1) is 0 Å². The number of amides is 1. The smallest absolute Gasteiger partial charge is 0.328 e. The van der Waals surface area contributed by atoms with Crippen molar-refractivity contribution >= 4 is 22.8 Å². The van der Waals surface area contributed by atoms with Crippen molar-refractivity contribution in [3.8, 4) is 0 Å². The molecule has 0 atom stereocenters. The number of fused-ring (bicyclic) bond motifs is 1. The number of aliphatic carboxylic acids is 1. The minimum absolute atomic E-state index is 0.00594. The molecule has 0 aliphatic rings. The zero-order chi connectivity index (χ0) is 16.1. The van der Waals surface area contributed by atoms with Gasteiger partial charge in [-0.1, -0.05) is 12.1 Å². The average Bonchev–Trinajstić information content (AvgIpc) is 2.48. The van der Waals surface area contributed by atoms with Gasteiger partial charge in [0.05, 0.1) is 23.4 Å². The van der Waals surface area contributed by atoms with E-state index in [0.29, 0.717) is 10.9 Å². The van der Waals surface area contributed by atoms with E-state index in [-0.39, 0.29) is 19.4 Å². The highest BCUT2D eigenvalue weighted by molar-refractivity contribution is 5.80. The maximum Gasteiger partial charge on any atom is 0.328 e. The van der Waals surface area contributed by atoms with E-state index >= 15 is 0 Å². The van der Waals surface area contributed by atoms with E-state index in [9.17, 15) is 24.3 Å². The van der Waals surface area contributed by atoms with Gasteiger partial charge in [0.1, 0.15) is 0 Å². The Kier molecular flexibility index (Phi) is 4.72. The zero-order valence-electron chi connectivity index (χ0n) is 11.6. The molecule has 0 spiro atoms. The maximum atomic E-state index is 12.2. The third kappa shape index (κ3) is 3.60. The average molecular weight is 304 g/mol. The summed E-state index contributed by atoms with van der Waals surface area (Å²) in [5.74, 6) is -1.86. The van der Waals surface area contributed by atoms with E-state index in [2.05, 4.69) is 10.3 Å². The number of aromatic amines is 1. The maximum absolute atomic E-state index is 12.2. The van der Waals surface area contributed by atoms with Crippen LogP contribution in [0.15, 0.2) is 33.9 Å². The third-order valence-corrected chi connectivity index (χ3v) is 3.10. The Morgan fingerprint density at radius 2 is 1.95 bits per heavy atom. The summed E-state index contributed by atoms with van der Waals surface area (Å²) in [7, 11) is 0. The predicted molar refractivity (Wildman–Crippen MR) is 76.1 cm³/mol. The van der Waals surface area contributed by atoms with Crippen LogP contribution in [0.25, 0.3) is 10.9 Å². The number of carbonyl (C=O) groups is 2. The Bertz CT molecular complexity index is 821. The molecule has 2 N–H and O–H groups in total. The second-order valence-electron chi connectivity index (χ2n) is 4.68. The van der Waals surface area contributed by atoms with E-state index in [1.165, 1.54) is 0 Å². The van der Waals surface area contributed by atoms with Gasteiger partial charge >= 0.3 is 5.69 Å². The molecule has 8 heteroatoms. The van der Waals surface area contributed by atoms with Crippen LogP contribution >= 0.6 is 0 Å². The number of hydrogen-bond donors (Lipinski definition) is 2. The summed E-state index contributed by atoms with van der Waals surface area (Å²) >= 11 is 0. The van der Waals surface area contributed by atoms with Crippen molar-refractivity contribution in [1.29, 1.82) is 0 Å². The van der Waals surface area contributed by atoms with Gasteiger partial charge in [-0.3, -0.25) is 14.2 Å². The van der Waals surface area contributed by atoms with E-state index < -0.39 is 29.7 Å². The third-order valence-electron chi connectivity index (χ3n) is 3.10. The van der Waals surface area contributed by atoms with Crippen molar-refractivity contribution in [2.45, 2.75) is 19.4 Å². The van der Waals surface area contributed by atoms with Crippen molar-refractivity contribution in [2.24, 2.45) is 0 Å². The van der Waals surface area contributed by atoms with Crippen molar-refractivity contribution in [1.82, 2.24) is 14.9 Å². The van der Waals surface area contributed by atoms with Crippen molar-refractivity contribution in [3.05, 3.63) is 45.1 Å². The number of para-hydroxylation sites is 1. The Morgan fingerprint density at radius 1 is 1.23 bits per heavy atom. The number of hydrogen-bond acceptors (Lipinski definition) is 5.